The van der Waals surface area contributed by atoms with Crippen molar-refractivity contribution in [3.63, 3.8) is 0 Å². The highest BCUT2D eigenvalue weighted by molar-refractivity contribution is 9.11. The van der Waals surface area contributed by atoms with Crippen molar-refractivity contribution < 1.29 is 14.1 Å². The van der Waals surface area contributed by atoms with Crippen LogP contribution in [0, 0.1) is 26.7 Å². The van der Waals surface area contributed by atoms with Crippen LogP contribution in [0.15, 0.2) is 25.4 Å². The van der Waals surface area contributed by atoms with Gasteiger partial charge in [0.15, 0.2) is 5.17 Å². The van der Waals surface area contributed by atoms with Crippen LogP contribution in [0.2, 0.25) is 5.02 Å². The van der Waals surface area contributed by atoms with Gasteiger partial charge in [-0.25, -0.2) is 4.79 Å². The molecule has 1 aliphatic heterocycles. The van der Waals surface area contributed by atoms with Crippen LogP contribution < -0.4 is 5.32 Å². The number of aromatic nitrogens is 1. The molecule has 0 saturated carbocycles. The molecule has 0 fully saturated rings. The Morgan fingerprint density at radius 2 is 1.94 bits per heavy atom. The molecule has 178 valence electrons. The predicted molar refractivity (Wildman–Crippen MR) is 141 cm³/mol. The zero-order valence-electron chi connectivity index (χ0n) is 19.5. The zero-order chi connectivity index (χ0) is 24.9. The number of ether oxygens (including phenoxy) is 1. The molecule has 10 heteroatoms. The average molecular weight is 565 g/mol. The van der Waals surface area contributed by atoms with Crippen LogP contribution in [0.3, 0.4) is 0 Å². The molecule has 1 amide bonds. The normalized spacial score (nSPS) is 14.8. The molecule has 0 unspecified atom stereocenters. The van der Waals surface area contributed by atoms with E-state index in [2.05, 4.69) is 44.2 Å². The summed E-state index contributed by atoms with van der Waals surface area (Å²) >= 11 is 12.7. The number of carbonyl (C=O) groups excluding carboxylic acids is 1. The van der Waals surface area contributed by atoms with E-state index in [0.717, 1.165) is 32.3 Å². The molecule has 1 aliphatic rings. The zero-order valence-corrected chi connectivity index (χ0v) is 23.5. The number of rotatable bonds is 1. The first-order valence-electron chi connectivity index (χ1n) is 9.92. The fourth-order valence-electron chi connectivity index (χ4n) is 2.23. The van der Waals surface area contributed by atoms with Gasteiger partial charge in [-0.2, -0.15) is 0 Å². The van der Waals surface area contributed by atoms with Gasteiger partial charge in [0.05, 0.1) is 20.5 Å². The first kappa shape index (κ1) is 30.5. The molecule has 1 atom stereocenters. The molecule has 0 bridgehead atoms. The summed E-state index contributed by atoms with van der Waals surface area (Å²) in [5.41, 5.74) is 0.420. The van der Waals surface area contributed by atoms with Crippen LogP contribution in [-0.2, 0) is 4.74 Å². The molecule has 0 saturated heterocycles. The lowest BCUT2D eigenvalue weighted by Gasteiger charge is -2.22. The number of nitrogens with one attached hydrogen (secondary N) is 1. The number of aryl methyl sites for hydroxylation is 2. The van der Waals surface area contributed by atoms with E-state index in [0.29, 0.717) is 10.2 Å². The highest BCUT2D eigenvalue weighted by atomic mass is 79.9. The summed E-state index contributed by atoms with van der Waals surface area (Å²) in [6.07, 6.45) is 8.42. The Kier molecular flexibility index (Phi) is 14.7. The number of amidine groups is 1. The van der Waals surface area contributed by atoms with E-state index in [1.54, 1.807) is 11.3 Å². The minimum atomic E-state index is -0.523. The second-order valence-electron chi connectivity index (χ2n) is 7.06. The predicted octanol–water partition coefficient (Wildman–Crippen LogP) is 7.79. The summed E-state index contributed by atoms with van der Waals surface area (Å²) in [6.45, 7) is 13.3. The number of alkyl carbamates (subject to hydrolysis) is 1. The molecule has 3 heterocycles. The second-order valence-corrected chi connectivity index (χ2v) is 11.0. The van der Waals surface area contributed by atoms with E-state index in [9.17, 15) is 4.79 Å². The van der Waals surface area contributed by atoms with Crippen LogP contribution in [0.25, 0.3) is 0 Å². The lowest BCUT2D eigenvalue weighted by atomic mass is 10.2. The van der Waals surface area contributed by atoms with Crippen LogP contribution >= 0.6 is 50.6 Å². The van der Waals surface area contributed by atoms with E-state index >= 15 is 0 Å². The molecule has 3 rings (SSSR count). The lowest BCUT2D eigenvalue weighted by Crippen LogP contribution is -2.36. The summed E-state index contributed by atoms with van der Waals surface area (Å²) in [7, 11) is 0. The van der Waals surface area contributed by atoms with E-state index in [4.69, 9.17) is 20.9 Å². The molecule has 2 aromatic rings. The summed E-state index contributed by atoms with van der Waals surface area (Å²) < 4.78 is 10.9. The summed E-state index contributed by atoms with van der Waals surface area (Å²) in [6, 6.07) is 3.75. The number of aliphatic imine (C=N–C) groups is 1. The van der Waals surface area contributed by atoms with Gasteiger partial charge in [-0.3, -0.25) is 10.3 Å². The van der Waals surface area contributed by atoms with Crippen molar-refractivity contribution in [3.05, 3.63) is 37.3 Å². The highest BCUT2D eigenvalue weighted by Crippen LogP contribution is 2.40. The molecular weight excluding hydrogens is 534 g/mol. The minimum Gasteiger partial charge on any atom is -0.444 e. The number of carbonyl (C=O) groups is 1. The van der Waals surface area contributed by atoms with Gasteiger partial charge in [-0.1, -0.05) is 42.4 Å². The Morgan fingerprint density at radius 3 is 2.34 bits per heavy atom. The van der Waals surface area contributed by atoms with Gasteiger partial charge >= 0.3 is 6.09 Å². The summed E-state index contributed by atoms with van der Waals surface area (Å²) in [5, 5.41) is 7.64. The van der Waals surface area contributed by atoms with Gasteiger partial charge < -0.3 is 9.26 Å². The average Bonchev–Trinajstić information content (AvgIpc) is 3.27. The van der Waals surface area contributed by atoms with Crippen molar-refractivity contribution in [2.24, 2.45) is 4.99 Å². The second kappa shape index (κ2) is 15.4. The first-order valence-corrected chi connectivity index (χ1v) is 12.9. The number of thioether (sulfide) groups is 1. The third kappa shape index (κ3) is 12.0. The van der Waals surface area contributed by atoms with Gasteiger partial charge in [0.1, 0.15) is 11.4 Å². The van der Waals surface area contributed by atoms with Crippen LogP contribution in [0.4, 0.5) is 4.79 Å². The lowest BCUT2D eigenvalue weighted by molar-refractivity contribution is 0.0564. The number of hydrogen-bond donors (Lipinski definition) is 1. The molecule has 2 aromatic heterocycles. The quantitative estimate of drug-likeness (QED) is 0.358. The minimum absolute atomic E-state index is 0.0139. The Hall–Kier alpha value is -1.47. The van der Waals surface area contributed by atoms with Gasteiger partial charge in [-0.05, 0) is 63.0 Å². The molecule has 32 heavy (non-hydrogen) atoms. The number of thiophene rings is 1. The number of halogens is 2. The van der Waals surface area contributed by atoms with Crippen molar-refractivity contribution in [1.29, 1.82) is 0 Å². The van der Waals surface area contributed by atoms with E-state index < -0.39 is 11.7 Å². The maximum absolute atomic E-state index is 11.8. The van der Waals surface area contributed by atoms with Crippen molar-refractivity contribution in [1.82, 2.24) is 10.5 Å². The molecule has 0 aliphatic carbocycles. The van der Waals surface area contributed by atoms with Crippen molar-refractivity contribution in [2.75, 3.05) is 5.75 Å². The highest BCUT2D eigenvalue weighted by Gasteiger charge is 2.24. The first-order chi connectivity index (χ1) is 15.0. The number of nitrogens with zero attached hydrogens (tertiary/aromatic N) is 2. The molecule has 0 radical (unpaired) electrons. The van der Waals surface area contributed by atoms with Crippen molar-refractivity contribution in [3.8, 4) is 12.8 Å². The largest absolute Gasteiger partial charge is 0.444 e. The number of hydrogen-bond acceptors (Lipinski definition) is 7. The fourth-order valence-corrected chi connectivity index (χ4v) is 5.27. The third-order valence-corrected chi connectivity index (χ3v) is 6.33. The van der Waals surface area contributed by atoms with Gasteiger partial charge in [0.2, 0.25) is 0 Å². The molecule has 1 N–H and O–H groups in total. The standard InChI is InChI=1S/C13H16BrClN2O2S2.C5H7NO.C2H6.C2H2/c1-13(2,3)19-12(18)17-11-16-8(4-5-20-11)10-7(15)6-9(14)21-10;1-4-3-5(2)7-6-4;2*1-2/h6,8H,4-5H2,1-3H3,(H,16,17,18);3H,1-2H3;1-2H3;1-2H/t8-;;;/m0.../s1. The molecule has 0 spiro atoms. The van der Waals surface area contributed by atoms with Crippen LogP contribution in [0.1, 0.15) is 63.4 Å². The molecule has 0 aromatic carbocycles. The summed E-state index contributed by atoms with van der Waals surface area (Å²) in [4.78, 5) is 17.4. The maximum Gasteiger partial charge on any atom is 0.413 e. The van der Waals surface area contributed by atoms with Gasteiger partial charge in [0.25, 0.3) is 0 Å². The third-order valence-electron chi connectivity index (χ3n) is 3.24. The number of terminal acetylenes is 1. The summed E-state index contributed by atoms with van der Waals surface area (Å²) in [5.74, 6) is 1.75. The van der Waals surface area contributed by atoms with E-state index in [1.807, 2.05) is 60.6 Å². The Labute approximate surface area is 213 Å². The van der Waals surface area contributed by atoms with Crippen molar-refractivity contribution in [2.45, 2.75) is 66.5 Å². The smallest absolute Gasteiger partial charge is 0.413 e. The molecule has 6 nitrogen and oxygen atoms in total. The van der Waals surface area contributed by atoms with Crippen LogP contribution in [0.5, 0.6) is 0 Å². The Morgan fingerprint density at radius 1 is 1.31 bits per heavy atom. The fraction of sp³-hybridized carbons (Fsp3) is 0.500. The van der Waals surface area contributed by atoms with Crippen molar-refractivity contribution >= 4 is 61.9 Å². The van der Waals surface area contributed by atoms with E-state index in [1.165, 1.54) is 11.8 Å². The van der Waals surface area contributed by atoms with E-state index in [-0.39, 0.29) is 6.04 Å². The van der Waals surface area contributed by atoms with Gasteiger partial charge in [0, 0.05) is 16.7 Å². The number of amides is 1. The van der Waals surface area contributed by atoms with Crippen LogP contribution in [-0.4, -0.2) is 27.8 Å². The van der Waals surface area contributed by atoms with Gasteiger partial charge in [-0.15, -0.1) is 24.2 Å². The SMILES string of the molecule is C#C.CC.CC(C)(C)OC(=O)NC1=N[C@H](c2sc(Br)cc2Cl)CCS1.Cc1cc(C)on1. The topological polar surface area (TPSA) is 76.7 Å². The Balaban J connectivity index is 0.000000727. The monoisotopic (exact) mass is 563 g/mol. The Bertz CT molecular complexity index is 872. The maximum atomic E-state index is 11.8. The molecular formula is C22H31BrClN3O3S2.